The van der Waals surface area contributed by atoms with Crippen molar-refractivity contribution in [1.82, 2.24) is 4.90 Å². The van der Waals surface area contributed by atoms with Crippen LogP contribution in [0.4, 0.5) is 5.69 Å². The average Bonchev–Trinajstić information content (AvgIpc) is 2.38. The van der Waals surface area contributed by atoms with Gasteiger partial charge in [-0.05, 0) is 38.2 Å². The van der Waals surface area contributed by atoms with E-state index in [2.05, 4.69) is 5.32 Å². The van der Waals surface area contributed by atoms with Crippen LogP contribution in [0.5, 0.6) is 0 Å². The molecular weight excluding hydrogens is 258 g/mol. The van der Waals surface area contributed by atoms with E-state index in [1.165, 1.54) is 0 Å². The Hall–Kier alpha value is -2.39. The molecule has 6 heteroatoms. The van der Waals surface area contributed by atoms with Gasteiger partial charge in [-0.3, -0.25) is 14.5 Å². The summed E-state index contributed by atoms with van der Waals surface area (Å²) >= 11 is 0. The first-order valence-corrected chi connectivity index (χ1v) is 6.21. The Balaban J connectivity index is 2.39. The van der Waals surface area contributed by atoms with Crippen molar-refractivity contribution in [1.29, 1.82) is 5.26 Å². The number of benzene rings is 1. The molecule has 2 N–H and O–H groups in total. The van der Waals surface area contributed by atoms with Crippen molar-refractivity contribution in [3.05, 3.63) is 29.8 Å². The molecule has 1 aromatic rings. The summed E-state index contributed by atoms with van der Waals surface area (Å²) in [5.74, 6) is -1.03. The fourth-order valence-electron chi connectivity index (χ4n) is 1.69. The summed E-state index contributed by atoms with van der Waals surface area (Å²) in [5, 5.41) is 20.0. The Morgan fingerprint density at radius 1 is 1.45 bits per heavy atom. The smallest absolute Gasteiger partial charge is 0.303 e. The molecular formula is C14H17N3O3. The third-order valence-electron chi connectivity index (χ3n) is 2.62. The fraction of sp³-hybridized carbons (Fsp3) is 0.357. The number of likely N-dealkylation sites (N-methyl/N-ethyl adjacent to an activating group) is 1. The van der Waals surface area contributed by atoms with Gasteiger partial charge in [-0.1, -0.05) is 6.07 Å². The lowest BCUT2D eigenvalue weighted by molar-refractivity contribution is -0.137. The largest absolute Gasteiger partial charge is 0.481 e. The summed E-state index contributed by atoms with van der Waals surface area (Å²) in [6, 6.07) is 8.67. The van der Waals surface area contributed by atoms with Crippen LogP contribution in [-0.2, 0) is 9.59 Å². The third-order valence-corrected chi connectivity index (χ3v) is 2.62. The second kappa shape index (κ2) is 7.92. The van der Waals surface area contributed by atoms with Gasteiger partial charge in [0, 0.05) is 12.1 Å². The number of amides is 1. The number of carbonyl (C=O) groups excluding carboxylic acids is 1. The first-order valence-electron chi connectivity index (χ1n) is 6.21. The maximum atomic E-state index is 11.8. The average molecular weight is 275 g/mol. The Labute approximate surface area is 117 Å². The van der Waals surface area contributed by atoms with Crippen LogP contribution in [0.25, 0.3) is 0 Å². The summed E-state index contributed by atoms with van der Waals surface area (Å²) in [4.78, 5) is 23.9. The van der Waals surface area contributed by atoms with Crippen LogP contribution < -0.4 is 5.32 Å². The number of nitriles is 1. The normalized spacial score (nSPS) is 10.1. The number of carboxylic acids is 1. The summed E-state index contributed by atoms with van der Waals surface area (Å²) in [6.45, 7) is 0.717. The van der Waals surface area contributed by atoms with E-state index >= 15 is 0 Å². The van der Waals surface area contributed by atoms with E-state index in [1.807, 2.05) is 6.07 Å². The van der Waals surface area contributed by atoms with Crippen LogP contribution in [0.1, 0.15) is 18.4 Å². The number of carbonyl (C=O) groups is 2. The molecule has 1 rings (SSSR count). The van der Waals surface area contributed by atoms with Gasteiger partial charge in [0.05, 0.1) is 18.2 Å². The summed E-state index contributed by atoms with van der Waals surface area (Å²) in [6.07, 6.45) is 0.596. The van der Waals surface area contributed by atoms with Gasteiger partial charge in [0.1, 0.15) is 0 Å². The van der Waals surface area contributed by atoms with E-state index in [-0.39, 0.29) is 18.9 Å². The molecule has 0 spiro atoms. The molecule has 0 atom stereocenters. The molecule has 0 saturated heterocycles. The van der Waals surface area contributed by atoms with Crippen LogP contribution in [0.15, 0.2) is 24.3 Å². The minimum Gasteiger partial charge on any atom is -0.481 e. The maximum absolute atomic E-state index is 11.8. The van der Waals surface area contributed by atoms with E-state index < -0.39 is 5.97 Å². The first kappa shape index (κ1) is 15.7. The highest BCUT2D eigenvalue weighted by Crippen LogP contribution is 2.09. The minimum atomic E-state index is -0.837. The molecule has 106 valence electrons. The van der Waals surface area contributed by atoms with Crippen molar-refractivity contribution in [2.75, 3.05) is 25.5 Å². The number of rotatable bonds is 7. The Kier molecular flexibility index (Phi) is 6.20. The molecule has 0 unspecified atom stereocenters. The number of aliphatic carboxylic acids is 1. The quantitative estimate of drug-likeness (QED) is 0.782. The number of nitrogens with one attached hydrogen (secondary N) is 1. The van der Waals surface area contributed by atoms with Crippen LogP contribution in [0.2, 0.25) is 0 Å². The minimum absolute atomic E-state index is 0.0934. The Bertz CT molecular complexity index is 523. The van der Waals surface area contributed by atoms with Crippen LogP contribution in [-0.4, -0.2) is 42.0 Å². The lowest BCUT2D eigenvalue weighted by Crippen LogP contribution is -2.31. The molecule has 0 radical (unpaired) electrons. The zero-order chi connectivity index (χ0) is 15.0. The zero-order valence-corrected chi connectivity index (χ0v) is 11.3. The molecule has 0 fully saturated rings. The van der Waals surface area contributed by atoms with Crippen molar-refractivity contribution >= 4 is 17.6 Å². The third kappa shape index (κ3) is 5.98. The zero-order valence-electron chi connectivity index (χ0n) is 11.3. The summed E-state index contributed by atoms with van der Waals surface area (Å²) in [5.41, 5.74) is 1.06. The lowest BCUT2D eigenvalue weighted by atomic mass is 10.2. The number of nitrogens with zero attached hydrogens (tertiary/aromatic N) is 2. The molecule has 0 bridgehead atoms. The number of anilines is 1. The molecule has 0 aromatic heterocycles. The van der Waals surface area contributed by atoms with E-state index in [9.17, 15) is 9.59 Å². The molecule has 0 aliphatic carbocycles. The Morgan fingerprint density at radius 2 is 2.20 bits per heavy atom. The lowest BCUT2D eigenvalue weighted by Gasteiger charge is -2.15. The standard InChI is InChI=1S/C14H17N3O3/c1-17(7-3-6-14(19)20)10-13(18)16-12-5-2-4-11(8-12)9-15/h2,4-5,8H,3,6-7,10H2,1H3,(H,16,18)(H,19,20). The molecule has 20 heavy (non-hydrogen) atoms. The van der Waals surface area contributed by atoms with Gasteiger partial charge in [-0.15, -0.1) is 0 Å². The van der Waals surface area contributed by atoms with Gasteiger partial charge in [0.15, 0.2) is 0 Å². The molecule has 1 aromatic carbocycles. The second-order valence-corrected chi connectivity index (χ2v) is 4.48. The summed E-state index contributed by atoms with van der Waals surface area (Å²) < 4.78 is 0. The highest BCUT2D eigenvalue weighted by atomic mass is 16.4. The molecule has 0 heterocycles. The Morgan fingerprint density at radius 3 is 2.85 bits per heavy atom. The number of hydrogen-bond acceptors (Lipinski definition) is 4. The molecule has 0 aliphatic rings. The van der Waals surface area contributed by atoms with Gasteiger partial charge in [-0.25, -0.2) is 0 Å². The molecule has 1 amide bonds. The first-order chi connectivity index (χ1) is 9.51. The van der Waals surface area contributed by atoms with E-state index in [4.69, 9.17) is 10.4 Å². The van der Waals surface area contributed by atoms with Crippen LogP contribution in [0.3, 0.4) is 0 Å². The predicted molar refractivity (Wildman–Crippen MR) is 74.2 cm³/mol. The van der Waals surface area contributed by atoms with Crippen molar-refractivity contribution in [2.24, 2.45) is 0 Å². The monoisotopic (exact) mass is 275 g/mol. The van der Waals surface area contributed by atoms with Gasteiger partial charge in [0.2, 0.25) is 5.91 Å². The molecule has 0 aliphatic heterocycles. The highest BCUT2D eigenvalue weighted by Gasteiger charge is 2.08. The number of hydrogen-bond donors (Lipinski definition) is 2. The molecule has 6 nitrogen and oxygen atoms in total. The summed E-state index contributed by atoms with van der Waals surface area (Å²) in [7, 11) is 1.76. The van der Waals surface area contributed by atoms with Crippen molar-refractivity contribution in [3.63, 3.8) is 0 Å². The SMILES string of the molecule is CN(CCCC(=O)O)CC(=O)Nc1cccc(C#N)c1. The highest BCUT2D eigenvalue weighted by molar-refractivity contribution is 5.92. The van der Waals surface area contributed by atoms with Gasteiger partial charge < -0.3 is 10.4 Å². The van der Waals surface area contributed by atoms with Gasteiger partial charge >= 0.3 is 5.97 Å². The van der Waals surface area contributed by atoms with Crippen LogP contribution >= 0.6 is 0 Å². The fourth-order valence-corrected chi connectivity index (χ4v) is 1.69. The second-order valence-electron chi connectivity index (χ2n) is 4.48. The predicted octanol–water partition coefficient (Wildman–Crippen LogP) is 1.29. The van der Waals surface area contributed by atoms with E-state index in [1.54, 1.807) is 36.2 Å². The maximum Gasteiger partial charge on any atom is 0.303 e. The van der Waals surface area contributed by atoms with Gasteiger partial charge in [0.25, 0.3) is 0 Å². The van der Waals surface area contributed by atoms with E-state index in [0.717, 1.165) is 0 Å². The van der Waals surface area contributed by atoms with E-state index in [0.29, 0.717) is 24.2 Å². The topological polar surface area (TPSA) is 93.4 Å². The molecule has 0 saturated carbocycles. The van der Waals surface area contributed by atoms with Crippen molar-refractivity contribution < 1.29 is 14.7 Å². The van der Waals surface area contributed by atoms with Gasteiger partial charge in [-0.2, -0.15) is 5.26 Å². The van der Waals surface area contributed by atoms with Crippen molar-refractivity contribution in [3.8, 4) is 6.07 Å². The number of carboxylic acid groups (broad SMARTS) is 1. The van der Waals surface area contributed by atoms with Crippen molar-refractivity contribution in [2.45, 2.75) is 12.8 Å². The van der Waals surface area contributed by atoms with Crippen LogP contribution in [0, 0.1) is 11.3 Å².